The van der Waals surface area contributed by atoms with Crippen LogP contribution in [0.25, 0.3) is 0 Å². The topological polar surface area (TPSA) is 66.2 Å². The molecule has 0 aromatic heterocycles. The molecule has 2 fully saturated rings. The highest BCUT2D eigenvalue weighted by Gasteiger charge is 2.41. The van der Waals surface area contributed by atoms with Gasteiger partial charge in [-0.1, -0.05) is 156 Å². The molecule has 0 aliphatic carbocycles. The molecule has 4 atom stereocenters. The lowest BCUT2D eigenvalue weighted by Crippen LogP contribution is -2.32. The highest BCUT2D eigenvalue weighted by atomic mass is 16.7. The minimum Gasteiger partial charge on any atom is -0.347 e. The summed E-state index contributed by atoms with van der Waals surface area (Å²) in [6.45, 7) is 14.8. The second-order valence-corrected chi connectivity index (χ2v) is 17.3. The van der Waals surface area contributed by atoms with Gasteiger partial charge < -0.3 is 29.6 Å². The number of unbranched alkanes of at least 4 members (excludes halogenated alkanes) is 21. The fourth-order valence-corrected chi connectivity index (χ4v) is 8.75. The van der Waals surface area contributed by atoms with E-state index in [1.165, 1.54) is 173 Å². The SMILES string of the molecule is CCCCCCCCCC1(CCCCCC)OCC(CCCCCN(CCN)CCCCC2COC(CCCCCC)(CCCCCCCCC)O2)O1. The third-order valence-electron chi connectivity index (χ3n) is 12.2. The number of hydrogen-bond donors (Lipinski definition) is 1. The summed E-state index contributed by atoms with van der Waals surface area (Å²) in [6.07, 6.45) is 42.3. The van der Waals surface area contributed by atoms with Crippen LogP contribution in [0.1, 0.15) is 240 Å². The summed E-state index contributed by atoms with van der Waals surface area (Å²) in [5, 5.41) is 0. The second-order valence-electron chi connectivity index (χ2n) is 17.3. The zero-order valence-corrected chi connectivity index (χ0v) is 36.4. The molecule has 316 valence electrons. The van der Waals surface area contributed by atoms with Gasteiger partial charge in [0.2, 0.25) is 0 Å². The molecule has 0 bridgehead atoms. The molecule has 0 aromatic carbocycles. The van der Waals surface area contributed by atoms with Crippen molar-refractivity contribution in [1.29, 1.82) is 0 Å². The van der Waals surface area contributed by atoms with Crippen LogP contribution in [-0.2, 0) is 18.9 Å². The summed E-state index contributed by atoms with van der Waals surface area (Å²) < 4.78 is 26.6. The molecule has 2 aliphatic rings. The Balaban J connectivity index is 1.65. The maximum absolute atomic E-state index is 6.77. The van der Waals surface area contributed by atoms with E-state index in [2.05, 4.69) is 32.6 Å². The fourth-order valence-electron chi connectivity index (χ4n) is 8.75. The van der Waals surface area contributed by atoms with E-state index < -0.39 is 0 Å². The molecule has 2 heterocycles. The molecular formula is C47H94N2O4. The van der Waals surface area contributed by atoms with Gasteiger partial charge in [0.05, 0.1) is 25.4 Å². The van der Waals surface area contributed by atoms with Gasteiger partial charge in [0.15, 0.2) is 11.6 Å². The van der Waals surface area contributed by atoms with E-state index in [-0.39, 0.29) is 23.8 Å². The van der Waals surface area contributed by atoms with Crippen LogP contribution in [0.2, 0.25) is 0 Å². The standard InChI is InChI=1S/C47H94N2O4/c1-5-9-13-17-19-21-28-36-46(34-26-15-11-7-3)50-42-44(52-46)32-24-23-30-39-49(41-38-48)40-31-25-33-45-43-51-47(53-45,35-27-16-12-8-4)37-29-22-20-18-14-10-6-2/h44-45H,5-43,48H2,1-4H3. The smallest absolute Gasteiger partial charge is 0.168 e. The molecule has 6 nitrogen and oxygen atoms in total. The lowest BCUT2D eigenvalue weighted by Gasteiger charge is -2.29. The molecule has 0 amide bonds. The molecule has 0 radical (unpaired) electrons. The van der Waals surface area contributed by atoms with Crippen LogP contribution < -0.4 is 5.73 Å². The van der Waals surface area contributed by atoms with Crippen molar-refractivity contribution in [2.45, 2.75) is 263 Å². The Morgan fingerprint density at radius 1 is 0.415 bits per heavy atom. The first-order valence-corrected chi connectivity index (χ1v) is 24.1. The zero-order valence-electron chi connectivity index (χ0n) is 36.4. The van der Waals surface area contributed by atoms with Gasteiger partial charge in [0.25, 0.3) is 0 Å². The maximum atomic E-state index is 6.77. The highest BCUT2D eigenvalue weighted by Crippen LogP contribution is 2.37. The first kappa shape index (κ1) is 48.9. The van der Waals surface area contributed by atoms with Gasteiger partial charge in [0, 0.05) is 38.8 Å². The van der Waals surface area contributed by atoms with Crippen molar-refractivity contribution in [3.05, 3.63) is 0 Å². The molecule has 0 aromatic rings. The minimum absolute atomic E-state index is 0.265. The van der Waals surface area contributed by atoms with Crippen molar-refractivity contribution >= 4 is 0 Å². The Labute approximate surface area is 331 Å². The highest BCUT2D eigenvalue weighted by molar-refractivity contribution is 4.81. The van der Waals surface area contributed by atoms with E-state index in [0.717, 1.165) is 77.9 Å². The number of nitrogens with zero attached hydrogens (tertiary/aromatic N) is 1. The average molecular weight is 751 g/mol. The summed E-state index contributed by atoms with van der Waals surface area (Å²) >= 11 is 0. The van der Waals surface area contributed by atoms with Crippen LogP contribution in [0, 0.1) is 0 Å². The van der Waals surface area contributed by atoms with E-state index in [1.807, 2.05) is 0 Å². The van der Waals surface area contributed by atoms with Crippen LogP contribution in [0.5, 0.6) is 0 Å². The van der Waals surface area contributed by atoms with Crippen molar-refractivity contribution in [2.75, 3.05) is 39.4 Å². The minimum atomic E-state index is -0.313. The third kappa shape index (κ3) is 23.6. The van der Waals surface area contributed by atoms with Gasteiger partial charge in [-0.3, -0.25) is 0 Å². The van der Waals surface area contributed by atoms with Gasteiger partial charge >= 0.3 is 0 Å². The summed E-state index contributed by atoms with van der Waals surface area (Å²) in [6, 6.07) is 0. The largest absolute Gasteiger partial charge is 0.347 e. The molecule has 6 heteroatoms. The predicted octanol–water partition coefficient (Wildman–Crippen LogP) is 13.4. The van der Waals surface area contributed by atoms with Crippen molar-refractivity contribution < 1.29 is 18.9 Å². The number of ether oxygens (including phenoxy) is 4. The van der Waals surface area contributed by atoms with Crippen molar-refractivity contribution in [3.63, 3.8) is 0 Å². The van der Waals surface area contributed by atoms with E-state index in [4.69, 9.17) is 24.7 Å². The monoisotopic (exact) mass is 751 g/mol. The fraction of sp³-hybridized carbons (Fsp3) is 1.00. The van der Waals surface area contributed by atoms with Crippen molar-refractivity contribution in [2.24, 2.45) is 5.73 Å². The number of nitrogens with two attached hydrogens (primary N) is 1. The average Bonchev–Trinajstić information content (AvgIpc) is 3.77. The third-order valence-corrected chi connectivity index (χ3v) is 12.2. The van der Waals surface area contributed by atoms with E-state index >= 15 is 0 Å². The summed E-state index contributed by atoms with van der Waals surface area (Å²) in [7, 11) is 0. The van der Waals surface area contributed by atoms with Gasteiger partial charge in [-0.25, -0.2) is 0 Å². The molecule has 2 saturated heterocycles. The van der Waals surface area contributed by atoms with E-state index in [0.29, 0.717) is 0 Å². The molecule has 2 rings (SSSR count). The molecular weight excluding hydrogens is 657 g/mol. The molecule has 2 N–H and O–H groups in total. The Hall–Kier alpha value is -0.240. The van der Waals surface area contributed by atoms with Crippen LogP contribution in [0.15, 0.2) is 0 Å². The van der Waals surface area contributed by atoms with E-state index in [1.54, 1.807) is 0 Å². The number of rotatable bonds is 39. The zero-order chi connectivity index (χ0) is 38.1. The van der Waals surface area contributed by atoms with Gasteiger partial charge in [-0.05, 0) is 70.9 Å². The first-order chi connectivity index (χ1) is 26.0. The van der Waals surface area contributed by atoms with Gasteiger partial charge in [0.1, 0.15) is 0 Å². The van der Waals surface area contributed by atoms with Crippen LogP contribution in [0.4, 0.5) is 0 Å². The Morgan fingerprint density at radius 3 is 1.13 bits per heavy atom. The van der Waals surface area contributed by atoms with Crippen LogP contribution in [-0.4, -0.2) is 68.1 Å². The Kier molecular flexibility index (Phi) is 30.3. The Morgan fingerprint density at radius 2 is 0.736 bits per heavy atom. The van der Waals surface area contributed by atoms with Gasteiger partial charge in [-0.15, -0.1) is 0 Å². The summed E-state index contributed by atoms with van der Waals surface area (Å²) in [5.74, 6) is -0.619. The first-order valence-electron chi connectivity index (χ1n) is 24.1. The lowest BCUT2D eigenvalue weighted by atomic mass is 9.99. The van der Waals surface area contributed by atoms with Crippen molar-refractivity contribution in [3.8, 4) is 0 Å². The number of hydrogen-bond acceptors (Lipinski definition) is 6. The molecule has 0 saturated carbocycles. The Bertz CT molecular complexity index is 801. The van der Waals surface area contributed by atoms with Crippen molar-refractivity contribution in [1.82, 2.24) is 4.90 Å². The molecule has 4 unspecified atom stereocenters. The second kappa shape index (κ2) is 32.8. The normalized spacial score (nSPS) is 23.2. The van der Waals surface area contributed by atoms with Crippen LogP contribution >= 0.6 is 0 Å². The summed E-state index contributed by atoms with van der Waals surface area (Å²) in [5.41, 5.74) is 6.05. The van der Waals surface area contributed by atoms with Gasteiger partial charge in [-0.2, -0.15) is 0 Å². The molecule has 2 aliphatic heterocycles. The summed E-state index contributed by atoms with van der Waals surface area (Å²) in [4.78, 5) is 2.60. The predicted molar refractivity (Wildman–Crippen MR) is 228 cm³/mol. The van der Waals surface area contributed by atoms with E-state index in [9.17, 15) is 0 Å². The molecule has 0 spiro atoms. The molecule has 53 heavy (non-hydrogen) atoms. The quantitative estimate of drug-likeness (QED) is 0.0631. The maximum Gasteiger partial charge on any atom is 0.168 e. The lowest BCUT2D eigenvalue weighted by molar-refractivity contribution is -0.180. The van der Waals surface area contributed by atoms with Crippen LogP contribution in [0.3, 0.4) is 0 Å².